The second-order valence-corrected chi connectivity index (χ2v) is 5.25. The van der Waals surface area contributed by atoms with Crippen molar-refractivity contribution in [3.63, 3.8) is 0 Å². The number of hydrogen-bond donors (Lipinski definition) is 1. The van der Waals surface area contributed by atoms with Crippen molar-refractivity contribution in [2.24, 2.45) is 5.92 Å². The second-order valence-electron chi connectivity index (χ2n) is 5.25. The molecule has 0 radical (unpaired) electrons. The molecule has 22 heavy (non-hydrogen) atoms. The Labute approximate surface area is 126 Å². The number of pyridine rings is 1. The monoisotopic (exact) mass is 304 g/mol. The van der Waals surface area contributed by atoms with Gasteiger partial charge in [0.1, 0.15) is 17.3 Å². The van der Waals surface area contributed by atoms with E-state index in [1.807, 2.05) is 0 Å². The van der Waals surface area contributed by atoms with Gasteiger partial charge >= 0.3 is 0 Å². The number of nitrogens with zero attached hydrogens (tertiary/aromatic N) is 1. The van der Waals surface area contributed by atoms with Crippen LogP contribution in [0.4, 0.5) is 14.6 Å². The summed E-state index contributed by atoms with van der Waals surface area (Å²) in [6, 6.07) is 6.47. The van der Waals surface area contributed by atoms with E-state index in [0.29, 0.717) is 23.9 Å². The lowest BCUT2D eigenvalue weighted by atomic mass is 10.3. The SMILES string of the molecule is O=C(CC1CC1)Nc1ccc(Oc2ccc(F)c(F)c2)cn1. The number of carbonyl (C=O) groups excluding carboxylic acids is 1. The van der Waals surface area contributed by atoms with Crippen molar-refractivity contribution in [1.29, 1.82) is 0 Å². The molecule has 1 N–H and O–H groups in total. The Kier molecular flexibility index (Phi) is 4.00. The molecule has 1 aromatic heterocycles. The van der Waals surface area contributed by atoms with Crippen LogP contribution in [-0.2, 0) is 4.79 Å². The molecule has 1 amide bonds. The molecule has 0 spiro atoms. The van der Waals surface area contributed by atoms with E-state index in [0.717, 1.165) is 25.0 Å². The predicted molar refractivity (Wildman–Crippen MR) is 76.6 cm³/mol. The molecule has 0 unspecified atom stereocenters. The zero-order valence-electron chi connectivity index (χ0n) is 11.7. The van der Waals surface area contributed by atoms with Crippen LogP contribution >= 0.6 is 0 Å². The Morgan fingerprint density at radius 3 is 2.59 bits per heavy atom. The molecule has 0 saturated heterocycles. The fraction of sp³-hybridized carbons (Fsp3) is 0.250. The van der Waals surface area contributed by atoms with Crippen LogP contribution in [0.2, 0.25) is 0 Å². The summed E-state index contributed by atoms with van der Waals surface area (Å²) in [7, 11) is 0. The van der Waals surface area contributed by atoms with Gasteiger partial charge < -0.3 is 10.1 Å². The Morgan fingerprint density at radius 1 is 1.18 bits per heavy atom. The lowest BCUT2D eigenvalue weighted by molar-refractivity contribution is -0.116. The van der Waals surface area contributed by atoms with Gasteiger partial charge in [0.25, 0.3) is 0 Å². The van der Waals surface area contributed by atoms with Crippen LogP contribution in [0, 0.1) is 17.6 Å². The molecular formula is C16H14F2N2O2. The molecule has 0 bridgehead atoms. The molecule has 1 saturated carbocycles. The number of ether oxygens (including phenoxy) is 1. The maximum Gasteiger partial charge on any atom is 0.225 e. The molecule has 3 rings (SSSR count). The molecule has 1 fully saturated rings. The smallest absolute Gasteiger partial charge is 0.225 e. The van der Waals surface area contributed by atoms with E-state index in [-0.39, 0.29) is 11.7 Å². The molecule has 6 heteroatoms. The number of hydrogen-bond acceptors (Lipinski definition) is 3. The maximum atomic E-state index is 13.1. The summed E-state index contributed by atoms with van der Waals surface area (Å²) in [5.74, 6) is -0.477. The minimum Gasteiger partial charge on any atom is -0.456 e. The van der Waals surface area contributed by atoms with E-state index >= 15 is 0 Å². The maximum absolute atomic E-state index is 13.1. The molecular weight excluding hydrogens is 290 g/mol. The van der Waals surface area contributed by atoms with E-state index in [4.69, 9.17) is 4.74 Å². The third kappa shape index (κ3) is 3.78. The first-order valence-electron chi connectivity index (χ1n) is 6.99. The summed E-state index contributed by atoms with van der Waals surface area (Å²) >= 11 is 0. The van der Waals surface area contributed by atoms with Crippen LogP contribution < -0.4 is 10.1 Å². The van der Waals surface area contributed by atoms with Gasteiger partial charge in [-0.2, -0.15) is 0 Å². The van der Waals surface area contributed by atoms with Crippen molar-refractivity contribution in [2.45, 2.75) is 19.3 Å². The van der Waals surface area contributed by atoms with E-state index < -0.39 is 11.6 Å². The van der Waals surface area contributed by atoms with Crippen LogP contribution in [0.1, 0.15) is 19.3 Å². The fourth-order valence-corrected chi connectivity index (χ4v) is 1.97. The van der Waals surface area contributed by atoms with Crippen molar-refractivity contribution in [3.05, 3.63) is 48.2 Å². The summed E-state index contributed by atoms with van der Waals surface area (Å²) in [6.45, 7) is 0. The lowest BCUT2D eigenvalue weighted by Gasteiger charge is -2.07. The first kappa shape index (κ1) is 14.4. The van der Waals surface area contributed by atoms with Gasteiger partial charge in [0.2, 0.25) is 5.91 Å². The van der Waals surface area contributed by atoms with E-state index in [1.165, 1.54) is 12.3 Å². The molecule has 2 aromatic rings. The Morgan fingerprint density at radius 2 is 1.95 bits per heavy atom. The van der Waals surface area contributed by atoms with Crippen LogP contribution in [0.15, 0.2) is 36.5 Å². The molecule has 1 aliphatic carbocycles. The quantitative estimate of drug-likeness (QED) is 0.911. The number of aromatic nitrogens is 1. The number of amides is 1. The summed E-state index contributed by atoms with van der Waals surface area (Å²) in [5.41, 5.74) is 0. The van der Waals surface area contributed by atoms with E-state index in [1.54, 1.807) is 12.1 Å². The van der Waals surface area contributed by atoms with Gasteiger partial charge in [0, 0.05) is 12.5 Å². The zero-order valence-corrected chi connectivity index (χ0v) is 11.7. The molecule has 4 nitrogen and oxygen atoms in total. The number of benzene rings is 1. The first-order chi connectivity index (χ1) is 10.6. The molecule has 0 atom stereocenters. The minimum atomic E-state index is -0.977. The van der Waals surface area contributed by atoms with Gasteiger partial charge in [-0.25, -0.2) is 13.8 Å². The highest BCUT2D eigenvalue weighted by molar-refractivity contribution is 5.90. The number of anilines is 1. The fourth-order valence-electron chi connectivity index (χ4n) is 1.97. The van der Waals surface area contributed by atoms with Crippen molar-refractivity contribution >= 4 is 11.7 Å². The largest absolute Gasteiger partial charge is 0.456 e. The summed E-state index contributed by atoms with van der Waals surface area (Å²) in [6.07, 6.45) is 4.16. The van der Waals surface area contributed by atoms with Crippen LogP contribution in [-0.4, -0.2) is 10.9 Å². The highest BCUT2D eigenvalue weighted by Crippen LogP contribution is 2.32. The third-order valence-electron chi connectivity index (χ3n) is 3.30. The lowest BCUT2D eigenvalue weighted by Crippen LogP contribution is -2.12. The Balaban J connectivity index is 1.60. The molecule has 114 valence electrons. The Hall–Kier alpha value is -2.50. The highest BCUT2D eigenvalue weighted by atomic mass is 19.2. The summed E-state index contributed by atoms with van der Waals surface area (Å²) in [4.78, 5) is 15.7. The first-order valence-corrected chi connectivity index (χ1v) is 6.99. The van der Waals surface area contributed by atoms with Gasteiger partial charge in [0.05, 0.1) is 6.20 Å². The van der Waals surface area contributed by atoms with Crippen molar-refractivity contribution in [3.8, 4) is 11.5 Å². The average molecular weight is 304 g/mol. The molecule has 0 aliphatic heterocycles. The van der Waals surface area contributed by atoms with Crippen molar-refractivity contribution < 1.29 is 18.3 Å². The Bertz CT molecular complexity index is 685. The number of halogens is 2. The standard InChI is InChI=1S/C16H14F2N2O2/c17-13-5-3-11(8-14(13)18)22-12-4-6-15(19-9-12)20-16(21)7-10-1-2-10/h3-6,8-10H,1-2,7H2,(H,19,20,21). The predicted octanol–water partition coefficient (Wildman–Crippen LogP) is 3.89. The van der Waals surface area contributed by atoms with Gasteiger partial charge in [0.15, 0.2) is 11.6 Å². The highest BCUT2D eigenvalue weighted by Gasteiger charge is 2.24. The van der Waals surface area contributed by atoms with Gasteiger partial charge in [-0.05, 0) is 43.0 Å². The average Bonchev–Trinajstić information content (AvgIpc) is 3.29. The van der Waals surface area contributed by atoms with E-state index in [9.17, 15) is 13.6 Å². The van der Waals surface area contributed by atoms with Crippen LogP contribution in [0.25, 0.3) is 0 Å². The van der Waals surface area contributed by atoms with Crippen LogP contribution in [0.5, 0.6) is 11.5 Å². The second kappa shape index (κ2) is 6.09. The number of rotatable bonds is 5. The summed E-state index contributed by atoms with van der Waals surface area (Å²) < 4.78 is 31.3. The van der Waals surface area contributed by atoms with Gasteiger partial charge in [-0.1, -0.05) is 0 Å². The van der Waals surface area contributed by atoms with Gasteiger partial charge in [-0.15, -0.1) is 0 Å². The van der Waals surface area contributed by atoms with Crippen molar-refractivity contribution in [1.82, 2.24) is 4.98 Å². The van der Waals surface area contributed by atoms with E-state index in [2.05, 4.69) is 10.3 Å². The molecule has 1 aromatic carbocycles. The normalized spacial score (nSPS) is 13.7. The number of carbonyl (C=O) groups is 1. The van der Waals surface area contributed by atoms with Gasteiger partial charge in [-0.3, -0.25) is 4.79 Å². The third-order valence-corrected chi connectivity index (χ3v) is 3.30. The topological polar surface area (TPSA) is 51.2 Å². The minimum absolute atomic E-state index is 0.0516. The number of nitrogens with one attached hydrogen (secondary N) is 1. The molecule has 1 heterocycles. The zero-order chi connectivity index (χ0) is 15.5. The van der Waals surface area contributed by atoms with Crippen LogP contribution in [0.3, 0.4) is 0 Å². The summed E-state index contributed by atoms with van der Waals surface area (Å²) in [5, 5.41) is 2.71. The van der Waals surface area contributed by atoms with Crippen molar-refractivity contribution in [2.75, 3.05) is 5.32 Å². The molecule has 1 aliphatic rings.